The van der Waals surface area contributed by atoms with Gasteiger partial charge in [-0.3, -0.25) is 4.79 Å². The molecular formula is C13H18N2O3. The molecule has 2 rings (SSSR count). The Labute approximate surface area is 106 Å². The quantitative estimate of drug-likeness (QED) is 0.846. The molecule has 1 unspecified atom stereocenters. The molecule has 1 aliphatic heterocycles. The molecule has 0 spiro atoms. The summed E-state index contributed by atoms with van der Waals surface area (Å²) in [6.07, 6.45) is 0.422. The van der Waals surface area contributed by atoms with E-state index in [1.54, 1.807) is 18.2 Å². The predicted octanol–water partition coefficient (Wildman–Crippen LogP) is 1.38. The Hall–Kier alpha value is -1.75. The highest BCUT2D eigenvalue weighted by molar-refractivity contribution is 5.91. The van der Waals surface area contributed by atoms with Crippen LogP contribution in [0.1, 0.15) is 13.3 Å². The molecule has 0 saturated carbocycles. The Morgan fingerprint density at radius 2 is 2.11 bits per heavy atom. The van der Waals surface area contributed by atoms with Crippen LogP contribution < -0.4 is 20.5 Å². The van der Waals surface area contributed by atoms with Gasteiger partial charge in [0.25, 0.3) is 0 Å². The third-order valence-corrected chi connectivity index (χ3v) is 2.76. The van der Waals surface area contributed by atoms with Gasteiger partial charge in [0.15, 0.2) is 11.5 Å². The Morgan fingerprint density at radius 1 is 1.39 bits per heavy atom. The molecule has 3 N–H and O–H groups in total. The van der Waals surface area contributed by atoms with Crippen molar-refractivity contribution < 1.29 is 14.3 Å². The van der Waals surface area contributed by atoms with Crippen LogP contribution in [0.4, 0.5) is 5.69 Å². The zero-order chi connectivity index (χ0) is 13.0. The van der Waals surface area contributed by atoms with Crippen LogP contribution >= 0.6 is 0 Å². The van der Waals surface area contributed by atoms with Gasteiger partial charge in [0, 0.05) is 18.2 Å². The molecule has 98 valence electrons. The molecule has 0 saturated heterocycles. The number of carbonyl (C=O) groups excluding carboxylic acids is 1. The van der Waals surface area contributed by atoms with Gasteiger partial charge in [0.2, 0.25) is 5.91 Å². The molecule has 0 aliphatic carbocycles. The summed E-state index contributed by atoms with van der Waals surface area (Å²) in [7, 11) is 0. The van der Waals surface area contributed by atoms with Crippen LogP contribution in [0, 0.1) is 5.92 Å². The van der Waals surface area contributed by atoms with Gasteiger partial charge in [-0.1, -0.05) is 6.92 Å². The molecule has 5 nitrogen and oxygen atoms in total. The van der Waals surface area contributed by atoms with E-state index in [0.717, 1.165) is 5.75 Å². The van der Waals surface area contributed by atoms with Crippen molar-refractivity contribution in [3.05, 3.63) is 18.2 Å². The number of ether oxygens (including phenoxy) is 2. The molecule has 1 amide bonds. The fourth-order valence-corrected chi connectivity index (χ4v) is 1.73. The second-order valence-corrected chi connectivity index (χ2v) is 4.45. The second-order valence-electron chi connectivity index (χ2n) is 4.45. The highest BCUT2D eigenvalue weighted by Gasteiger charge is 2.13. The largest absolute Gasteiger partial charge is 0.486 e. The highest BCUT2D eigenvalue weighted by atomic mass is 16.6. The Morgan fingerprint density at radius 3 is 2.83 bits per heavy atom. The summed E-state index contributed by atoms with van der Waals surface area (Å²) in [6, 6.07) is 5.38. The van der Waals surface area contributed by atoms with Gasteiger partial charge in [-0.15, -0.1) is 0 Å². The average molecular weight is 250 g/mol. The van der Waals surface area contributed by atoms with E-state index in [1.807, 2.05) is 6.92 Å². The van der Waals surface area contributed by atoms with E-state index in [4.69, 9.17) is 15.2 Å². The molecule has 0 radical (unpaired) electrons. The third-order valence-electron chi connectivity index (χ3n) is 2.76. The first-order valence-corrected chi connectivity index (χ1v) is 6.08. The summed E-state index contributed by atoms with van der Waals surface area (Å²) < 4.78 is 10.9. The SMILES string of the molecule is CC(CN)CC(=O)Nc1ccc2c(c1)OCCO2. The zero-order valence-corrected chi connectivity index (χ0v) is 10.4. The lowest BCUT2D eigenvalue weighted by Gasteiger charge is -2.19. The lowest BCUT2D eigenvalue weighted by atomic mass is 10.1. The zero-order valence-electron chi connectivity index (χ0n) is 10.4. The number of rotatable bonds is 4. The molecule has 5 heteroatoms. The van der Waals surface area contributed by atoms with Crippen molar-refractivity contribution in [2.45, 2.75) is 13.3 Å². The normalized spacial score (nSPS) is 15.0. The Bertz CT molecular complexity index is 434. The Balaban J connectivity index is 1.99. The number of nitrogens with two attached hydrogens (primary N) is 1. The first-order chi connectivity index (χ1) is 8.69. The summed E-state index contributed by atoms with van der Waals surface area (Å²) in [6.45, 7) is 3.55. The first kappa shape index (κ1) is 12.7. The fraction of sp³-hybridized carbons (Fsp3) is 0.462. The van der Waals surface area contributed by atoms with Gasteiger partial charge in [-0.25, -0.2) is 0 Å². The topological polar surface area (TPSA) is 73.6 Å². The van der Waals surface area contributed by atoms with E-state index in [-0.39, 0.29) is 11.8 Å². The predicted molar refractivity (Wildman–Crippen MR) is 68.9 cm³/mol. The lowest BCUT2D eigenvalue weighted by Crippen LogP contribution is -2.20. The maximum absolute atomic E-state index is 11.7. The van der Waals surface area contributed by atoms with Crippen LogP contribution in [0.5, 0.6) is 11.5 Å². The number of carbonyl (C=O) groups is 1. The van der Waals surface area contributed by atoms with E-state index in [9.17, 15) is 4.79 Å². The standard InChI is InChI=1S/C13H18N2O3/c1-9(8-14)6-13(16)15-10-2-3-11-12(7-10)18-5-4-17-11/h2-3,7,9H,4-6,8,14H2,1H3,(H,15,16). The molecule has 1 heterocycles. The van der Waals surface area contributed by atoms with Crippen LogP contribution in [-0.4, -0.2) is 25.7 Å². The van der Waals surface area contributed by atoms with Crippen LogP contribution in [-0.2, 0) is 4.79 Å². The molecule has 0 bridgehead atoms. The maximum Gasteiger partial charge on any atom is 0.224 e. The van der Waals surface area contributed by atoms with Gasteiger partial charge >= 0.3 is 0 Å². The number of anilines is 1. The molecule has 1 atom stereocenters. The van der Waals surface area contributed by atoms with Crippen molar-refractivity contribution in [3.8, 4) is 11.5 Å². The monoisotopic (exact) mass is 250 g/mol. The summed E-state index contributed by atoms with van der Waals surface area (Å²) in [5, 5.41) is 2.83. The van der Waals surface area contributed by atoms with Crippen molar-refractivity contribution in [2.24, 2.45) is 11.7 Å². The third kappa shape index (κ3) is 3.13. The van der Waals surface area contributed by atoms with Gasteiger partial charge in [0.1, 0.15) is 13.2 Å². The molecular weight excluding hydrogens is 232 g/mol. The van der Waals surface area contributed by atoms with E-state index < -0.39 is 0 Å². The minimum absolute atomic E-state index is 0.0374. The summed E-state index contributed by atoms with van der Waals surface area (Å²) in [4.78, 5) is 11.7. The van der Waals surface area contributed by atoms with Crippen LogP contribution in [0.3, 0.4) is 0 Å². The number of nitrogens with one attached hydrogen (secondary N) is 1. The first-order valence-electron chi connectivity index (χ1n) is 6.08. The molecule has 1 aromatic rings. The molecule has 1 aliphatic rings. The number of hydrogen-bond acceptors (Lipinski definition) is 4. The summed E-state index contributed by atoms with van der Waals surface area (Å²) >= 11 is 0. The van der Waals surface area contributed by atoms with Crippen LogP contribution in [0.2, 0.25) is 0 Å². The molecule has 0 aromatic heterocycles. The smallest absolute Gasteiger partial charge is 0.224 e. The summed E-state index contributed by atoms with van der Waals surface area (Å²) in [5.74, 6) is 1.53. The van der Waals surface area contributed by atoms with Crippen LogP contribution in [0.15, 0.2) is 18.2 Å². The van der Waals surface area contributed by atoms with Gasteiger partial charge in [-0.2, -0.15) is 0 Å². The molecule has 0 fully saturated rings. The van der Waals surface area contributed by atoms with E-state index in [2.05, 4.69) is 5.32 Å². The molecule has 18 heavy (non-hydrogen) atoms. The van der Waals surface area contributed by atoms with Gasteiger partial charge < -0.3 is 20.5 Å². The van der Waals surface area contributed by atoms with Crippen molar-refractivity contribution >= 4 is 11.6 Å². The summed E-state index contributed by atoms with van der Waals surface area (Å²) in [5.41, 5.74) is 6.20. The lowest BCUT2D eigenvalue weighted by molar-refractivity contribution is -0.116. The Kier molecular flexibility index (Phi) is 4.04. The van der Waals surface area contributed by atoms with Gasteiger partial charge in [-0.05, 0) is 24.6 Å². The minimum Gasteiger partial charge on any atom is -0.486 e. The second kappa shape index (κ2) is 5.73. The number of benzene rings is 1. The number of hydrogen-bond donors (Lipinski definition) is 2. The number of amides is 1. The molecule has 1 aromatic carbocycles. The van der Waals surface area contributed by atoms with Crippen molar-refractivity contribution in [2.75, 3.05) is 25.1 Å². The average Bonchev–Trinajstić information content (AvgIpc) is 2.38. The van der Waals surface area contributed by atoms with Gasteiger partial charge in [0.05, 0.1) is 0 Å². The highest BCUT2D eigenvalue weighted by Crippen LogP contribution is 2.32. The number of fused-ring (bicyclic) bond motifs is 1. The van der Waals surface area contributed by atoms with E-state index >= 15 is 0 Å². The maximum atomic E-state index is 11.7. The van der Waals surface area contributed by atoms with Crippen molar-refractivity contribution in [1.82, 2.24) is 0 Å². The minimum atomic E-state index is -0.0374. The van der Waals surface area contributed by atoms with Crippen LogP contribution in [0.25, 0.3) is 0 Å². The van der Waals surface area contributed by atoms with Crippen molar-refractivity contribution in [3.63, 3.8) is 0 Å². The fourth-order valence-electron chi connectivity index (χ4n) is 1.73. The van der Waals surface area contributed by atoms with E-state index in [1.165, 1.54) is 0 Å². The van der Waals surface area contributed by atoms with E-state index in [0.29, 0.717) is 37.6 Å². The van der Waals surface area contributed by atoms with Crippen molar-refractivity contribution in [1.29, 1.82) is 0 Å².